The van der Waals surface area contributed by atoms with Gasteiger partial charge in [0.25, 0.3) is 0 Å². The normalized spacial score (nSPS) is 27.0. The lowest BCUT2D eigenvalue weighted by Gasteiger charge is -2.24. The highest BCUT2D eigenvalue weighted by Crippen LogP contribution is 2.25. The molecule has 1 aromatic carbocycles. The van der Waals surface area contributed by atoms with Crippen LogP contribution >= 0.6 is 11.6 Å². The summed E-state index contributed by atoms with van der Waals surface area (Å²) in [6, 6.07) is 9.25. The molecule has 23 heavy (non-hydrogen) atoms. The summed E-state index contributed by atoms with van der Waals surface area (Å²) in [5.41, 5.74) is 0. The number of nitriles is 1. The van der Waals surface area contributed by atoms with Gasteiger partial charge in [-0.3, -0.25) is 10.1 Å². The van der Waals surface area contributed by atoms with Crippen molar-refractivity contribution in [3.8, 4) is 11.8 Å². The van der Waals surface area contributed by atoms with Crippen molar-refractivity contribution in [1.82, 2.24) is 10.2 Å². The van der Waals surface area contributed by atoms with Gasteiger partial charge in [0.15, 0.2) is 0 Å². The fraction of sp³-hybridized carbons (Fsp3) is 0.529. The van der Waals surface area contributed by atoms with Crippen LogP contribution in [0.15, 0.2) is 24.3 Å². The van der Waals surface area contributed by atoms with E-state index in [2.05, 4.69) is 11.4 Å². The first-order chi connectivity index (χ1) is 11.2. The van der Waals surface area contributed by atoms with Crippen LogP contribution in [0.5, 0.6) is 5.75 Å². The molecule has 2 saturated heterocycles. The number of carbonyl (C=O) groups is 1. The fourth-order valence-electron chi connectivity index (χ4n) is 3.26. The van der Waals surface area contributed by atoms with Gasteiger partial charge < -0.3 is 9.64 Å². The Bertz CT molecular complexity index is 616. The summed E-state index contributed by atoms with van der Waals surface area (Å²) in [6.45, 7) is 1.17. The van der Waals surface area contributed by atoms with Crippen molar-refractivity contribution >= 4 is 17.5 Å². The molecule has 0 saturated carbocycles. The molecule has 0 unspecified atom stereocenters. The van der Waals surface area contributed by atoms with Gasteiger partial charge >= 0.3 is 0 Å². The number of nitrogens with one attached hydrogen (secondary N) is 1. The molecule has 0 aliphatic carbocycles. The van der Waals surface area contributed by atoms with Gasteiger partial charge in [-0.2, -0.15) is 5.26 Å². The highest BCUT2D eigenvalue weighted by molar-refractivity contribution is 6.32. The zero-order valence-electron chi connectivity index (χ0n) is 12.9. The number of amides is 1. The summed E-state index contributed by atoms with van der Waals surface area (Å²) in [6.07, 6.45) is 3.36. The molecule has 5 nitrogen and oxygen atoms in total. The Morgan fingerprint density at radius 1 is 1.39 bits per heavy atom. The fourth-order valence-corrected chi connectivity index (χ4v) is 3.45. The predicted molar refractivity (Wildman–Crippen MR) is 87.2 cm³/mol. The van der Waals surface area contributed by atoms with Crippen molar-refractivity contribution in [3.63, 3.8) is 0 Å². The van der Waals surface area contributed by atoms with Crippen molar-refractivity contribution < 1.29 is 9.53 Å². The molecular weight excluding hydrogens is 314 g/mol. The van der Waals surface area contributed by atoms with Crippen LogP contribution in [-0.4, -0.2) is 42.1 Å². The third-order valence-electron chi connectivity index (χ3n) is 4.50. The molecule has 2 fully saturated rings. The van der Waals surface area contributed by atoms with Crippen LogP contribution in [0.2, 0.25) is 5.02 Å². The van der Waals surface area contributed by atoms with Crippen LogP contribution in [0.1, 0.15) is 25.7 Å². The van der Waals surface area contributed by atoms with E-state index >= 15 is 0 Å². The summed E-state index contributed by atoms with van der Waals surface area (Å²) < 4.78 is 5.74. The molecule has 6 heteroatoms. The average Bonchev–Trinajstić information content (AvgIpc) is 3.22. The number of likely N-dealkylation sites (tertiary alicyclic amines) is 1. The Kier molecular flexibility index (Phi) is 5.04. The van der Waals surface area contributed by atoms with Crippen LogP contribution in [0.25, 0.3) is 0 Å². The molecule has 2 heterocycles. The zero-order valence-corrected chi connectivity index (χ0v) is 13.6. The van der Waals surface area contributed by atoms with E-state index in [4.69, 9.17) is 21.6 Å². The number of nitrogens with zero attached hydrogens (tertiary/aromatic N) is 2. The topological polar surface area (TPSA) is 65.4 Å². The van der Waals surface area contributed by atoms with E-state index in [9.17, 15) is 4.79 Å². The van der Waals surface area contributed by atoms with E-state index in [1.165, 1.54) is 0 Å². The van der Waals surface area contributed by atoms with Gasteiger partial charge in [-0.15, -0.1) is 0 Å². The van der Waals surface area contributed by atoms with Gasteiger partial charge in [0.1, 0.15) is 18.4 Å². The van der Waals surface area contributed by atoms with E-state index in [-0.39, 0.29) is 24.0 Å². The number of para-hydroxylation sites is 1. The van der Waals surface area contributed by atoms with Crippen LogP contribution in [0.4, 0.5) is 0 Å². The van der Waals surface area contributed by atoms with E-state index in [0.717, 1.165) is 25.7 Å². The number of halogens is 1. The van der Waals surface area contributed by atoms with Gasteiger partial charge in [-0.25, -0.2) is 0 Å². The maximum absolute atomic E-state index is 12.5. The van der Waals surface area contributed by atoms with Gasteiger partial charge in [0, 0.05) is 12.6 Å². The van der Waals surface area contributed by atoms with Crippen LogP contribution < -0.4 is 10.1 Å². The second kappa shape index (κ2) is 7.20. The largest absolute Gasteiger partial charge is 0.490 e. The molecule has 122 valence electrons. The minimum absolute atomic E-state index is 0.0503. The summed E-state index contributed by atoms with van der Waals surface area (Å²) in [5, 5.41) is 13.0. The summed E-state index contributed by atoms with van der Waals surface area (Å²) >= 11 is 6.07. The number of benzene rings is 1. The van der Waals surface area contributed by atoms with Gasteiger partial charge in [-0.1, -0.05) is 23.7 Å². The van der Waals surface area contributed by atoms with Crippen molar-refractivity contribution in [1.29, 1.82) is 5.26 Å². The third kappa shape index (κ3) is 3.60. The van der Waals surface area contributed by atoms with E-state index < -0.39 is 0 Å². The summed E-state index contributed by atoms with van der Waals surface area (Å²) in [5.74, 6) is 0.712. The second-order valence-electron chi connectivity index (χ2n) is 6.05. The highest BCUT2D eigenvalue weighted by Gasteiger charge is 2.36. The minimum atomic E-state index is -0.261. The number of carbonyl (C=O) groups excluding carboxylic acids is 1. The third-order valence-corrected chi connectivity index (χ3v) is 4.81. The molecule has 3 rings (SSSR count). The van der Waals surface area contributed by atoms with Crippen molar-refractivity contribution in [2.75, 3.05) is 13.2 Å². The standard InChI is InChI=1S/C17H20ClN3O2/c18-14-5-1-2-6-16(14)23-11-12-7-8-15(20-12)17(22)21-9-3-4-13(21)10-19/h1-2,5-6,12-13,15,20H,3-4,7-9,11H2/t12-,13+,15-/m1/s1. The van der Waals surface area contributed by atoms with E-state index in [1.807, 2.05) is 18.2 Å². The number of ether oxygens (including phenoxy) is 1. The average molecular weight is 334 g/mol. The SMILES string of the molecule is N#C[C@@H]1CCCN1C(=O)[C@H]1CC[C@H](COc2ccccc2Cl)N1. The molecule has 0 bridgehead atoms. The molecule has 0 aromatic heterocycles. The molecule has 3 atom stereocenters. The first-order valence-corrected chi connectivity index (χ1v) is 8.40. The lowest BCUT2D eigenvalue weighted by molar-refractivity contribution is -0.133. The Morgan fingerprint density at radius 2 is 2.22 bits per heavy atom. The predicted octanol–water partition coefficient (Wildman–Crippen LogP) is 2.35. The Labute approximate surface area is 141 Å². The lowest BCUT2D eigenvalue weighted by atomic mass is 10.1. The zero-order chi connectivity index (χ0) is 16.2. The Morgan fingerprint density at radius 3 is 3.00 bits per heavy atom. The molecule has 1 aromatic rings. The molecule has 0 spiro atoms. The second-order valence-corrected chi connectivity index (χ2v) is 6.46. The number of hydrogen-bond acceptors (Lipinski definition) is 4. The maximum Gasteiger partial charge on any atom is 0.240 e. The lowest BCUT2D eigenvalue weighted by Crippen LogP contribution is -2.47. The molecule has 1 amide bonds. The quantitative estimate of drug-likeness (QED) is 0.918. The minimum Gasteiger partial charge on any atom is -0.490 e. The molecule has 2 aliphatic heterocycles. The van der Waals surface area contributed by atoms with Crippen LogP contribution in [-0.2, 0) is 4.79 Å². The first kappa shape index (κ1) is 16.1. The number of rotatable bonds is 4. The van der Waals surface area contributed by atoms with E-state index in [0.29, 0.717) is 23.9 Å². The van der Waals surface area contributed by atoms with Crippen LogP contribution in [0.3, 0.4) is 0 Å². The highest BCUT2D eigenvalue weighted by atomic mass is 35.5. The first-order valence-electron chi connectivity index (χ1n) is 8.02. The van der Waals surface area contributed by atoms with Gasteiger partial charge in [0.05, 0.1) is 17.1 Å². The van der Waals surface area contributed by atoms with E-state index in [1.54, 1.807) is 11.0 Å². The van der Waals surface area contributed by atoms with Crippen molar-refractivity contribution in [2.45, 2.75) is 43.8 Å². The summed E-state index contributed by atoms with van der Waals surface area (Å²) in [7, 11) is 0. The Balaban J connectivity index is 1.51. The molecule has 1 N–H and O–H groups in total. The Hall–Kier alpha value is -1.77. The van der Waals surface area contributed by atoms with Gasteiger partial charge in [0.2, 0.25) is 5.91 Å². The molecule has 0 radical (unpaired) electrons. The maximum atomic E-state index is 12.5. The van der Waals surface area contributed by atoms with Crippen LogP contribution in [0, 0.1) is 11.3 Å². The number of hydrogen-bond donors (Lipinski definition) is 1. The summed E-state index contributed by atoms with van der Waals surface area (Å²) in [4.78, 5) is 14.3. The van der Waals surface area contributed by atoms with Crippen molar-refractivity contribution in [3.05, 3.63) is 29.3 Å². The smallest absolute Gasteiger partial charge is 0.240 e. The van der Waals surface area contributed by atoms with Gasteiger partial charge in [-0.05, 0) is 37.8 Å². The molecule has 2 aliphatic rings. The van der Waals surface area contributed by atoms with Crippen molar-refractivity contribution in [2.24, 2.45) is 0 Å². The monoisotopic (exact) mass is 333 g/mol. The molecular formula is C17H20ClN3O2.